The number of hydrogen-bond acceptors (Lipinski definition) is 5. The Balaban J connectivity index is 1.55. The quantitative estimate of drug-likeness (QED) is 0.744. The lowest BCUT2D eigenvalue weighted by molar-refractivity contribution is 0.0980. The maximum absolute atomic E-state index is 12.6. The number of carbonyl (C=O) groups excluding carboxylic acids is 1. The summed E-state index contributed by atoms with van der Waals surface area (Å²) in [6.45, 7) is 4.63. The molecular weight excluding hydrogens is 346 g/mol. The fourth-order valence-corrected chi connectivity index (χ4v) is 2.91. The average molecular weight is 367 g/mol. The number of aromatic nitrogens is 1. The first-order valence-corrected chi connectivity index (χ1v) is 8.85. The minimum atomic E-state index is -0.378. The van der Waals surface area contributed by atoms with Crippen molar-refractivity contribution >= 4 is 22.7 Å². The molecule has 1 aliphatic heterocycles. The van der Waals surface area contributed by atoms with E-state index in [9.17, 15) is 4.79 Å². The van der Waals surface area contributed by atoms with E-state index < -0.39 is 0 Å². The minimum absolute atomic E-state index is 0.170. The first kappa shape index (κ1) is 17.4. The van der Waals surface area contributed by atoms with Gasteiger partial charge in [-0.3, -0.25) is 4.90 Å². The molecule has 27 heavy (non-hydrogen) atoms. The van der Waals surface area contributed by atoms with Gasteiger partial charge in [-0.05, 0) is 37.6 Å². The molecule has 4 rings (SSSR count). The van der Waals surface area contributed by atoms with Crippen molar-refractivity contribution in [2.75, 3.05) is 18.2 Å². The summed E-state index contributed by atoms with van der Waals surface area (Å²) in [7, 11) is 0. The molecule has 3 heterocycles. The molecule has 0 saturated carbocycles. The first-order valence-electron chi connectivity index (χ1n) is 8.85. The SMILES string of the molecule is CC[C@]1(C)COCN(c2ccnc(Oc3ccc4ccoc4c3)c2)C(=O)N1. The van der Waals surface area contributed by atoms with Gasteiger partial charge in [-0.15, -0.1) is 0 Å². The highest BCUT2D eigenvalue weighted by molar-refractivity contribution is 5.92. The fourth-order valence-electron chi connectivity index (χ4n) is 2.91. The molecule has 0 radical (unpaired) electrons. The summed E-state index contributed by atoms with van der Waals surface area (Å²) < 4.78 is 16.9. The number of furan rings is 1. The van der Waals surface area contributed by atoms with Crippen molar-refractivity contribution in [2.45, 2.75) is 25.8 Å². The van der Waals surface area contributed by atoms with Gasteiger partial charge in [0, 0.05) is 23.7 Å². The number of fused-ring (bicyclic) bond motifs is 1. The standard InChI is InChI=1S/C20H21N3O4/c1-3-20(2)12-25-13-23(19(24)22-20)15-6-8-21-18(10-15)27-16-5-4-14-7-9-26-17(14)11-16/h4-11H,3,12-13H2,1-2H3,(H,22,24)/t20-/m1/s1. The number of carbonyl (C=O) groups is 1. The van der Waals surface area contributed by atoms with E-state index >= 15 is 0 Å². The number of nitrogens with zero attached hydrogens (tertiary/aromatic N) is 2. The topological polar surface area (TPSA) is 76.8 Å². The van der Waals surface area contributed by atoms with E-state index in [1.165, 1.54) is 4.90 Å². The maximum atomic E-state index is 12.6. The molecule has 3 aromatic rings. The number of anilines is 1. The molecule has 7 nitrogen and oxygen atoms in total. The van der Waals surface area contributed by atoms with Gasteiger partial charge in [-0.25, -0.2) is 9.78 Å². The van der Waals surface area contributed by atoms with E-state index in [4.69, 9.17) is 13.9 Å². The Morgan fingerprint density at radius 3 is 3.04 bits per heavy atom. The Morgan fingerprint density at radius 1 is 1.30 bits per heavy atom. The molecule has 1 saturated heterocycles. The smallest absolute Gasteiger partial charge is 0.324 e. The van der Waals surface area contributed by atoms with Crippen LogP contribution in [0.1, 0.15) is 20.3 Å². The van der Waals surface area contributed by atoms with Crippen molar-refractivity contribution in [1.82, 2.24) is 10.3 Å². The second kappa shape index (κ2) is 6.92. The van der Waals surface area contributed by atoms with Gasteiger partial charge in [0.1, 0.15) is 18.1 Å². The molecule has 1 aromatic carbocycles. The van der Waals surface area contributed by atoms with Crippen LogP contribution in [0.25, 0.3) is 11.0 Å². The maximum Gasteiger partial charge on any atom is 0.324 e. The largest absolute Gasteiger partial charge is 0.464 e. The Labute approximate surface area is 156 Å². The van der Waals surface area contributed by atoms with Crippen LogP contribution in [0, 0.1) is 0 Å². The van der Waals surface area contributed by atoms with Crippen molar-refractivity contribution < 1.29 is 18.7 Å². The first-order chi connectivity index (χ1) is 13.1. The third kappa shape index (κ3) is 3.59. The predicted octanol–water partition coefficient (Wildman–Crippen LogP) is 4.29. The van der Waals surface area contributed by atoms with Crippen LogP contribution < -0.4 is 15.0 Å². The summed E-state index contributed by atoms with van der Waals surface area (Å²) >= 11 is 0. The highest BCUT2D eigenvalue weighted by atomic mass is 16.5. The lowest BCUT2D eigenvalue weighted by Gasteiger charge is -2.27. The molecule has 7 heteroatoms. The molecule has 1 N–H and O–H groups in total. The van der Waals surface area contributed by atoms with Gasteiger partial charge in [-0.1, -0.05) is 6.92 Å². The van der Waals surface area contributed by atoms with Gasteiger partial charge in [-0.2, -0.15) is 0 Å². The van der Waals surface area contributed by atoms with Crippen molar-refractivity contribution in [3.8, 4) is 11.6 Å². The van der Waals surface area contributed by atoms with Gasteiger partial charge in [0.2, 0.25) is 5.88 Å². The van der Waals surface area contributed by atoms with Crippen LogP contribution in [-0.2, 0) is 4.74 Å². The summed E-state index contributed by atoms with van der Waals surface area (Å²) in [5.41, 5.74) is 1.01. The molecule has 1 aliphatic rings. The fraction of sp³-hybridized carbons (Fsp3) is 0.300. The second-order valence-electron chi connectivity index (χ2n) is 6.82. The molecule has 0 unspecified atom stereocenters. The number of urea groups is 1. The van der Waals surface area contributed by atoms with Gasteiger partial charge in [0.15, 0.2) is 0 Å². The van der Waals surface area contributed by atoms with Crippen molar-refractivity contribution in [3.63, 3.8) is 0 Å². The summed E-state index contributed by atoms with van der Waals surface area (Å²) in [6.07, 6.45) is 4.02. The normalized spacial score (nSPS) is 20.4. The van der Waals surface area contributed by atoms with Gasteiger partial charge in [0.25, 0.3) is 0 Å². The lowest BCUT2D eigenvalue weighted by atomic mass is 10.0. The summed E-state index contributed by atoms with van der Waals surface area (Å²) in [6, 6.07) is 10.7. The Morgan fingerprint density at radius 2 is 2.19 bits per heavy atom. The van der Waals surface area contributed by atoms with E-state index in [-0.39, 0.29) is 18.3 Å². The number of benzene rings is 1. The van der Waals surface area contributed by atoms with E-state index in [1.807, 2.05) is 32.0 Å². The Bertz CT molecular complexity index is 971. The molecule has 2 amide bonds. The Kier molecular flexibility index (Phi) is 4.45. The average Bonchev–Trinajstić information content (AvgIpc) is 3.07. The number of ether oxygens (including phenoxy) is 2. The third-order valence-corrected chi connectivity index (χ3v) is 4.76. The zero-order valence-electron chi connectivity index (χ0n) is 15.3. The zero-order chi connectivity index (χ0) is 18.9. The predicted molar refractivity (Wildman–Crippen MR) is 101 cm³/mol. The van der Waals surface area contributed by atoms with Gasteiger partial charge in [0.05, 0.1) is 24.1 Å². The zero-order valence-corrected chi connectivity index (χ0v) is 15.3. The highest BCUT2D eigenvalue weighted by Crippen LogP contribution is 2.28. The second-order valence-corrected chi connectivity index (χ2v) is 6.82. The molecule has 1 fully saturated rings. The van der Waals surface area contributed by atoms with Crippen LogP contribution in [0.2, 0.25) is 0 Å². The van der Waals surface area contributed by atoms with E-state index in [2.05, 4.69) is 10.3 Å². The minimum Gasteiger partial charge on any atom is -0.464 e. The summed E-state index contributed by atoms with van der Waals surface area (Å²) in [4.78, 5) is 18.4. The van der Waals surface area contributed by atoms with E-state index in [0.717, 1.165) is 17.4 Å². The third-order valence-electron chi connectivity index (χ3n) is 4.76. The van der Waals surface area contributed by atoms with Crippen LogP contribution in [0.3, 0.4) is 0 Å². The summed E-state index contributed by atoms with van der Waals surface area (Å²) in [5.74, 6) is 0.992. The molecule has 0 spiro atoms. The van der Waals surface area contributed by atoms with Crippen molar-refractivity contribution in [2.24, 2.45) is 0 Å². The van der Waals surface area contributed by atoms with E-state index in [1.54, 1.807) is 30.7 Å². The number of amides is 2. The lowest BCUT2D eigenvalue weighted by Crippen LogP contribution is -2.50. The van der Waals surface area contributed by atoms with Crippen molar-refractivity contribution in [3.05, 3.63) is 48.9 Å². The molecule has 1 atom stereocenters. The summed E-state index contributed by atoms with van der Waals surface area (Å²) in [5, 5.41) is 4.03. The van der Waals surface area contributed by atoms with Crippen LogP contribution in [0.4, 0.5) is 10.5 Å². The monoisotopic (exact) mass is 367 g/mol. The molecule has 2 aromatic heterocycles. The number of pyridine rings is 1. The molecule has 0 bridgehead atoms. The molecular formula is C20H21N3O4. The number of hydrogen-bond donors (Lipinski definition) is 1. The van der Waals surface area contributed by atoms with Crippen molar-refractivity contribution in [1.29, 1.82) is 0 Å². The number of nitrogens with one attached hydrogen (secondary N) is 1. The molecule has 140 valence electrons. The van der Waals surface area contributed by atoms with Gasteiger partial charge < -0.3 is 19.2 Å². The molecule has 0 aliphatic carbocycles. The van der Waals surface area contributed by atoms with Gasteiger partial charge >= 0.3 is 6.03 Å². The van der Waals surface area contributed by atoms with Crippen LogP contribution in [0.15, 0.2) is 53.3 Å². The van der Waals surface area contributed by atoms with E-state index in [0.29, 0.717) is 23.9 Å². The van der Waals surface area contributed by atoms with Crippen LogP contribution in [-0.4, -0.2) is 29.9 Å². The van der Waals surface area contributed by atoms with Crippen LogP contribution >= 0.6 is 0 Å². The number of rotatable bonds is 4. The highest BCUT2D eigenvalue weighted by Gasteiger charge is 2.31. The Hall–Kier alpha value is -3.06. The van der Waals surface area contributed by atoms with Crippen LogP contribution in [0.5, 0.6) is 11.6 Å².